The monoisotopic (exact) mass is 238 g/mol. The molecule has 1 aliphatic carbocycles. The van der Waals surface area contributed by atoms with Crippen LogP contribution in [0.15, 0.2) is 0 Å². The third-order valence-corrected chi connectivity index (χ3v) is 3.14. The quantitative estimate of drug-likeness (QED) is 0.638. The Morgan fingerprint density at radius 1 is 1.00 bits per heavy atom. The van der Waals surface area contributed by atoms with Crippen molar-refractivity contribution in [2.75, 3.05) is 13.1 Å². The van der Waals surface area contributed by atoms with Crippen LogP contribution in [0.2, 0.25) is 0 Å². The van der Waals surface area contributed by atoms with Gasteiger partial charge in [0.25, 0.3) is 0 Å². The Morgan fingerprint density at radius 2 is 1.56 bits per heavy atom. The van der Waals surface area contributed by atoms with E-state index in [1.165, 1.54) is 0 Å². The molecule has 0 aromatic rings. The molecule has 0 amide bonds. The van der Waals surface area contributed by atoms with Gasteiger partial charge in [0.15, 0.2) is 0 Å². The van der Waals surface area contributed by atoms with E-state index < -0.39 is 11.7 Å². The highest BCUT2D eigenvalue weighted by molar-refractivity contribution is 5.07. The zero-order chi connectivity index (χ0) is 12.1. The zero-order valence-corrected chi connectivity index (χ0v) is 9.58. The standard InChI is InChI=1S/C11H21F3N2/c12-11(13,14)10(6-7-10)16-9-5-3-1-2-4-8-15/h16H,1-9,15H2. The van der Waals surface area contributed by atoms with Gasteiger partial charge in [0.05, 0.1) is 0 Å². The van der Waals surface area contributed by atoms with E-state index in [4.69, 9.17) is 5.73 Å². The van der Waals surface area contributed by atoms with Crippen molar-refractivity contribution in [1.29, 1.82) is 0 Å². The number of halogens is 3. The molecule has 1 fully saturated rings. The van der Waals surface area contributed by atoms with Gasteiger partial charge >= 0.3 is 6.18 Å². The van der Waals surface area contributed by atoms with E-state index in [2.05, 4.69) is 5.32 Å². The molecule has 1 saturated carbocycles. The molecule has 0 spiro atoms. The maximum Gasteiger partial charge on any atom is 0.406 e. The minimum absolute atomic E-state index is 0.240. The summed E-state index contributed by atoms with van der Waals surface area (Å²) in [6, 6.07) is 0. The summed E-state index contributed by atoms with van der Waals surface area (Å²) in [6.07, 6.45) is 1.38. The summed E-state index contributed by atoms with van der Waals surface area (Å²) >= 11 is 0. The molecule has 0 aliphatic heterocycles. The van der Waals surface area contributed by atoms with Crippen LogP contribution in [-0.4, -0.2) is 24.8 Å². The van der Waals surface area contributed by atoms with Crippen LogP contribution < -0.4 is 11.1 Å². The molecule has 0 aromatic carbocycles. The lowest BCUT2D eigenvalue weighted by molar-refractivity contribution is -0.165. The number of nitrogens with two attached hydrogens (primary N) is 1. The molecule has 96 valence electrons. The number of nitrogens with one attached hydrogen (secondary N) is 1. The van der Waals surface area contributed by atoms with E-state index in [0.29, 0.717) is 13.1 Å². The van der Waals surface area contributed by atoms with E-state index in [1.807, 2.05) is 0 Å². The molecule has 0 aromatic heterocycles. The third kappa shape index (κ3) is 3.94. The lowest BCUT2D eigenvalue weighted by atomic mass is 10.1. The van der Waals surface area contributed by atoms with Gasteiger partial charge in [-0.05, 0) is 38.8 Å². The maximum absolute atomic E-state index is 12.5. The smallest absolute Gasteiger partial charge is 0.330 e. The Hall–Kier alpha value is -0.290. The molecule has 0 unspecified atom stereocenters. The first-order chi connectivity index (χ1) is 7.52. The van der Waals surface area contributed by atoms with Crippen molar-refractivity contribution in [2.45, 2.75) is 56.7 Å². The van der Waals surface area contributed by atoms with Gasteiger partial charge in [0.1, 0.15) is 5.54 Å². The van der Waals surface area contributed by atoms with Gasteiger partial charge in [-0.25, -0.2) is 0 Å². The Bertz CT molecular complexity index is 200. The second kappa shape index (κ2) is 5.87. The predicted molar refractivity (Wildman–Crippen MR) is 58.2 cm³/mol. The first-order valence-corrected chi connectivity index (χ1v) is 6.04. The van der Waals surface area contributed by atoms with Crippen molar-refractivity contribution in [3.05, 3.63) is 0 Å². The van der Waals surface area contributed by atoms with Crippen molar-refractivity contribution in [1.82, 2.24) is 5.32 Å². The highest BCUT2D eigenvalue weighted by Crippen LogP contribution is 2.48. The van der Waals surface area contributed by atoms with E-state index in [1.54, 1.807) is 0 Å². The number of alkyl halides is 3. The van der Waals surface area contributed by atoms with E-state index in [-0.39, 0.29) is 12.8 Å². The van der Waals surface area contributed by atoms with Crippen molar-refractivity contribution >= 4 is 0 Å². The second-order valence-electron chi connectivity index (χ2n) is 4.56. The fourth-order valence-corrected chi connectivity index (χ4v) is 1.81. The normalized spacial score (nSPS) is 18.8. The molecule has 3 N–H and O–H groups in total. The van der Waals surface area contributed by atoms with Gasteiger partial charge < -0.3 is 11.1 Å². The minimum atomic E-state index is -4.08. The van der Waals surface area contributed by atoms with Gasteiger partial charge in [0.2, 0.25) is 0 Å². The van der Waals surface area contributed by atoms with Crippen LogP contribution in [0.3, 0.4) is 0 Å². The number of rotatable bonds is 8. The lowest BCUT2D eigenvalue weighted by Gasteiger charge is -2.20. The predicted octanol–water partition coefficient (Wildman–Crippen LogP) is 2.58. The van der Waals surface area contributed by atoms with Crippen molar-refractivity contribution < 1.29 is 13.2 Å². The largest absolute Gasteiger partial charge is 0.406 e. The molecule has 5 heteroatoms. The van der Waals surface area contributed by atoms with Gasteiger partial charge in [-0.3, -0.25) is 0 Å². The summed E-state index contributed by atoms with van der Waals surface area (Å²) in [6.45, 7) is 1.18. The van der Waals surface area contributed by atoms with Crippen LogP contribution in [-0.2, 0) is 0 Å². The molecular formula is C11H21F3N2. The van der Waals surface area contributed by atoms with E-state index >= 15 is 0 Å². The van der Waals surface area contributed by atoms with Gasteiger partial charge in [-0.1, -0.05) is 19.3 Å². The molecule has 1 rings (SSSR count). The highest BCUT2D eigenvalue weighted by Gasteiger charge is 2.62. The molecule has 16 heavy (non-hydrogen) atoms. The molecule has 1 aliphatic rings. The molecule has 0 atom stereocenters. The van der Waals surface area contributed by atoms with Gasteiger partial charge in [0, 0.05) is 0 Å². The van der Waals surface area contributed by atoms with E-state index in [9.17, 15) is 13.2 Å². The van der Waals surface area contributed by atoms with Crippen molar-refractivity contribution in [3.63, 3.8) is 0 Å². The van der Waals surface area contributed by atoms with Crippen LogP contribution in [0.25, 0.3) is 0 Å². The SMILES string of the molecule is NCCCCCCCNC1(C(F)(F)F)CC1. The molecule has 0 radical (unpaired) electrons. The van der Waals surface area contributed by atoms with Crippen molar-refractivity contribution in [2.24, 2.45) is 5.73 Å². The van der Waals surface area contributed by atoms with Crippen LogP contribution in [0.4, 0.5) is 13.2 Å². The van der Waals surface area contributed by atoms with Gasteiger partial charge in [-0.15, -0.1) is 0 Å². The number of unbranched alkanes of at least 4 members (excludes halogenated alkanes) is 4. The van der Waals surface area contributed by atoms with Crippen LogP contribution in [0.1, 0.15) is 44.9 Å². The van der Waals surface area contributed by atoms with Gasteiger partial charge in [-0.2, -0.15) is 13.2 Å². The molecule has 0 heterocycles. The Labute approximate surface area is 94.8 Å². The highest BCUT2D eigenvalue weighted by atomic mass is 19.4. The fraction of sp³-hybridized carbons (Fsp3) is 1.00. The summed E-state index contributed by atoms with van der Waals surface area (Å²) in [5, 5.41) is 2.65. The summed E-state index contributed by atoms with van der Waals surface area (Å²) in [5.41, 5.74) is 3.81. The average molecular weight is 238 g/mol. The van der Waals surface area contributed by atoms with E-state index in [0.717, 1.165) is 32.1 Å². The summed E-state index contributed by atoms with van der Waals surface area (Å²) in [5.74, 6) is 0. The lowest BCUT2D eigenvalue weighted by Crippen LogP contribution is -2.45. The topological polar surface area (TPSA) is 38.0 Å². The summed E-state index contributed by atoms with van der Waals surface area (Å²) < 4.78 is 37.5. The van der Waals surface area contributed by atoms with Crippen LogP contribution in [0, 0.1) is 0 Å². The second-order valence-corrected chi connectivity index (χ2v) is 4.56. The third-order valence-electron chi connectivity index (χ3n) is 3.14. The number of hydrogen-bond acceptors (Lipinski definition) is 2. The fourth-order valence-electron chi connectivity index (χ4n) is 1.81. The average Bonchev–Trinajstić information content (AvgIpc) is 2.96. The Morgan fingerprint density at radius 3 is 2.06 bits per heavy atom. The molecule has 0 saturated heterocycles. The number of hydrogen-bond donors (Lipinski definition) is 2. The molecular weight excluding hydrogens is 217 g/mol. The minimum Gasteiger partial charge on any atom is -0.330 e. The molecule has 0 bridgehead atoms. The molecule has 2 nitrogen and oxygen atoms in total. The first-order valence-electron chi connectivity index (χ1n) is 6.04. The Balaban J connectivity index is 2.00. The first kappa shape index (κ1) is 13.8. The van der Waals surface area contributed by atoms with Crippen molar-refractivity contribution in [3.8, 4) is 0 Å². The maximum atomic E-state index is 12.5. The van der Waals surface area contributed by atoms with Crippen LogP contribution >= 0.6 is 0 Å². The zero-order valence-electron chi connectivity index (χ0n) is 9.58. The van der Waals surface area contributed by atoms with Crippen LogP contribution in [0.5, 0.6) is 0 Å². The Kier molecular flexibility index (Phi) is 5.05. The summed E-state index contributed by atoms with van der Waals surface area (Å²) in [4.78, 5) is 0. The summed E-state index contributed by atoms with van der Waals surface area (Å²) in [7, 11) is 0.